The van der Waals surface area contributed by atoms with Crippen LogP contribution < -0.4 is 5.32 Å². The number of rotatable bonds is 6. The Bertz CT molecular complexity index is 760. The molecule has 2 heterocycles. The predicted molar refractivity (Wildman–Crippen MR) is 102 cm³/mol. The minimum absolute atomic E-state index is 0.0772. The highest BCUT2D eigenvalue weighted by atomic mass is 16.5. The van der Waals surface area contributed by atoms with Gasteiger partial charge in [-0.25, -0.2) is 0 Å². The van der Waals surface area contributed by atoms with E-state index in [4.69, 9.17) is 4.52 Å². The first kappa shape index (κ1) is 18.6. The number of benzene rings is 1. The SMILES string of the molecule is Cc1noc(C)c1CCC(=O)NCC(C)(C)N1CCc2ccccc2C1. The van der Waals surface area contributed by atoms with Gasteiger partial charge in [-0.15, -0.1) is 0 Å². The summed E-state index contributed by atoms with van der Waals surface area (Å²) in [6.45, 7) is 10.8. The van der Waals surface area contributed by atoms with Crippen molar-refractivity contribution < 1.29 is 9.32 Å². The first-order valence-electron chi connectivity index (χ1n) is 9.37. The zero-order valence-corrected chi connectivity index (χ0v) is 16.3. The van der Waals surface area contributed by atoms with Crippen molar-refractivity contribution >= 4 is 5.91 Å². The number of hydrogen-bond acceptors (Lipinski definition) is 4. The molecule has 0 radical (unpaired) electrons. The molecule has 5 nitrogen and oxygen atoms in total. The third-order valence-corrected chi connectivity index (χ3v) is 5.49. The summed E-state index contributed by atoms with van der Waals surface area (Å²) in [6.07, 6.45) is 2.20. The van der Waals surface area contributed by atoms with Gasteiger partial charge in [0.1, 0.15) is 5.76 Å². The smallest absolute Gasteiger partial charge is 0.220 e. The summed E-state index contributed by atoms with van der Waals surface area (Å²) in [6, 6.07) is 8.64. The van der Waals surface area contributed by atoms with E-state index in [1.54, 1.807) is 0 Å². The minimum Gasteiger partial charge on any atom is -0.361 e. The number of nitrogens with one attached hydrogen (secondary N) is 1. The van der Waals surface area contributed by atoms with Gasteiger partial charge < -0.3 is 9.84 Å². The van der Waals surface area contributed by atoms with E-state index in [2.05, 4.69) is 53.5 Å². The number of aromatic nitrogens is 1. The van der Waals surface area contributed by atoms with E-state index in [0.29, 0.717) is 19.4 Å². The minimum atomic E-state index is -0.0772. The van der Waals surface area contributed by atoms with Gasteiger partial charge in [-0.05, 0) is 51.7 Å². The van der Waals surface area contributed by atoms with Crippen molar-refractivity contribution in [2.24, 2.45) is 0 Å². The second kappa shape index (κ2) is 7.62. The molecule has 0 atom stereocenters. The van der Waals surface area contributed by atoms with E-state index in [-0.39, 0.29) is 11.4 Å². The Labute approximate surface area is 155 Å². The van der Waals surface area contributed by atoms with Crippen molar-refractivity contribution in [1.29, 1.82) is 0 Å². The van der Waals surface area contributed by atoms with Gasteiger partial charge in [0.25, 0.3) is 0 Å². The van der Waals surface area contributed by atoms with Crippen molar-refractivity contribution in [3.05, 3.63) is 52.4 Å². The maximum atomic E-state index is 12.3. The fourth-order valence-electron chi connectivity index (χ4n) is 3.62. The molecule has 0 aliphatic carbocycles. The topological polar surface area (TPSA) is 58.4 Å². The van der Waals surface area contributed by atoms with E-state index < -0.39 is 0 Å². The zero-order chi connectivity index (χ0) is 18.7. The Morgan fingerprint density at radius 1 is 1.27 bits per heavy atom. The van der Waals surface area contributed by atoms with E-state index in [9.17, 15) is 4.79 Å². The molecule has 5 heteroatoms. The molecule has 0 spiro atoms. The summed E-state index contributed by atoms with van der Waals surface area (Å²) in [5.41, 5.74) is 4.70. The third kappa shape index (κ3) is 4.15. The van der Waals surface area contributed by atoms with Crippen LogP contribution in [0.3, 0.4) is 0 Å². The number of hydrogen-bond donors (Lipinski definition) is 1. The molecular weight excluding hydrogens is 326 g/mol. The molecule has 0 fully saturated rings. The first-order valence-corrected chi connectivity index (χ1v) is 9.37. The number of carbonyl (C=O) groups is 1. The van der Waals surface area contributed by atoms with Crippen molar-refractivity contribution in [3.8, 4) is 0 Å². The van der Waals surface area contributed by atoms with E-state index >= 15 is 0 Å². The monoisotopic (exact) mass is 355 g/mol. The van der Waals surface area contributed by atoms with Crippen LogP contribution >= 0.6 is 0 Å². The molecule has 3 rings (SSSR count). The predicted octanol–water partition coefficient (Wildman–Crippen LogP) is 3.18. The van der Waals surface area contributed by atoms with Crippen LogP contribution in [0.1, 0.15) is 48.4 Å². The summed E-state index contributed by atoms with van der Waals surface area (Å²) in [7, 11) is 0. The molecule has 1 aliphatic rings. The highest BCUT2D eigenvalue weighted by molar-refractivity contribution is 5.76. The van der Waals surface area contributed by atoms with Gasteiger partial charge in [0.2, 0.25) is 5.91 Å². The Morgan fingerprint density at radius 3 is 2.69 bits per heavy atom. The van der Waals surface area contributed by atoms with Gasteiger partial charge in [0.15, 0.2) is 0 Å². The molecule has 0 saturated carbocycles. The van der Waals surface area contributed by atoms with Crippen LogP contribution in [-0.2, 0) is 24.2 Å². The summed E-state index contributed by atoms with van der Waals surface area (Å²) in [5.74, 6) is 0.887. The lowest BCUT2D eigenvalue weighted by Gasteiger charge is -2.41. The zero-order valence-electron chi connectivity index (χ0n) is 16.3. The van der Waals surface area contributed by atoms with Gasteiger partial charge in [-0.3, -0.25) is 9.69 Å². The van der Waals surface area contributed by atoms with E-state index in [1.165, 1.54) is 11.1 Å². The molecular formula is C21H29N3O2. The molecule has 1 aromatic heterocycles. The van der Waals surface area contributed by atoms with Gasteiger partial charge in [0.05, 0.1) is 5.69 Å². The summed E-state index contributed by atoms with van der Waals surface area (Å²) < 4.78 is 5.16. The number of aryl methyl sites for hydroxylation is 2. The highest BCUT2D eigenvalue weighted by Crippen LogP contribution is 2.25. The fraction of sp³-hybridized carbons (Fsp3) is 0.524. The lowest BCUT2D eigenvalue weighted by molar-refractivity contribution is -0.121. The number of fused-ring (bicyclic) bond motifs is 1. The molecule has 1 aliphatic heterocycles. The molecule has 1 aromatic carbocycles. The molecule has 1 amide bonds. The lowest BCUT2D eigenvalue weighted by Crippen LogP contribution is -2.53. The van der Waals surface area contributed by atoms with Crippen LogP contribution in [0.25, 0.3) is 0 Å². The summed E-state index contributed by atoms with van der Waals surface area (Å²) in [5, 5.41) is 7.06. The van der Waals surface area contributed by atoms with Crippen molar-refractivity contribution in [2.45, 2.75) is 59.0 Å². The number of nitrogens with zero attached hydrogens (tertiary/aromatic N) is 2. The molecule has 0 saturated heterocycles. The van der Waals surface area contributed by atoms with Crippen LogP contribution in [0, 0.1) is 13.8 Å². The van der Waals surface area contributed by atoms with E-state index in [1.807, 2.05) is 13.8 Å². The van der Waals surface area contributed by atoms with Crippen LogP contribution in [0.15, 0.2) is 28.8 Å². The van der Waals surface area contributed by atoms with Crippen LogP contribution in [-0.4, -0.2) is 34.6 Å². The van der Waals surface area contributed by atoms with Crippen molar-refractivity contribution in [3.63, 3.8) is 0 Å². The summed E-state index contributed by atoms with van der Waals surface area (Å²) >= 11 is 0. The van der Waals surface area contributed by atoms with Crippen molar-refractivity contribution in [1.82, 2.24) is 15.4 Å². The summed E-state index contributed by atoms with van der Waals surface area (Å²) in [4.78, 5) is 14.8. The van der Waals surface area contributed by atoms with Gasteiger partial charge in [-0.2, -0.15) is 0 Å². The first-order chi connectivity index (χ1) is 12.4. The lowest BCUT2D eigenvalue weighted by atomic mass is 9.94. The second-order valence-electron chi connectivity index (χ2n) is 7.83. The second-order valence-corrected chi connectivity index (χ2v) is 7.83. The van der Waals surface area contributed by atoms with Crippen LogP contribution in [0.4, 0.5) is 0 Å². The normalized spacial score (nSPS) is 14.9. The standard InChI is InChI=1S/C21H29N3O2/c1-15-19(16(2)26-23-15)9-10-20(25)22-14-21(3,4)24-12-11-17-7-5-6-8-18(17)13-24/h5-8H,9-14H2,1-4H3,(H,22,25). The average molecular weight is 355 g/mol. The molecule has 1 N–H and O–H groups in total. The van der Waals surface area contributed by atoms with Gasteiger partial charge >= 0.3 is 0 Å². The average Bonchev–Trinajstić information content (AvgIpc) is 2.96. The Morgan fingerprint density at radius 2 is 2.00 bits per heavy atom. The maximum absolute atomic E-state index is 12.3. The third-order valence-electron chi connectivity index (χ3n) is 5.49. The Balaban J connectivity index is 1.51. The number of amides is 1. The molecule has 0 bridgehead atoms. The molecule has 140 valence electrons. The molecule has 2 aromatic rings. The van der Waals surface area contributed by atoms with E-state index in [0.717, 1.165) is 36.5 Å². The molecule has 0 unspecified atom stereocenters. The highest BCUT2D eigenvalue weighted by Gasteiger charge is 2.30. The Kier molecular flexibility index (Phi) is 5.47. The van der Waals surface area contributed by atoms with Crippen LogP contribution in [0.5, 0.6) is 0 Å². The van der Waals surface area contributed by atoms with Gasteiger partial charge in [-0.1, -0.05) is 29.4 Å². The fourth-order valence-corrected chi connectivity index (χ4v) is 3.62. The van der Waals surface area contributed by atoms with Gasteiger partial charge in [0, 0.05) is 37.2 Å². The maximum Gasteiger partial charge on any atom is 0.220 e. The largest absolute Gasteiger partial charge is 0.361 e. The quantitative estimate of drug-likeness (QED) is 0.865. The van der Waals surface area contributed by atoms with Crippen LogP contribution in [0.2, 0.25) is 0 Å². The Hall–Kier alpha value is -2.14. The number of carbonyl (C=O) groups excluding carboxylic acids is 1. The molecule has 26 heavy (non-hydrogen) atoms. The van der Waals surface area contributed by atoms with Crippen molar-refractivity contribution in [2.75, 3.05) is 13.1 Å².